The van der Waals surface area contributed by atoms with Crippen molar-refractivity contribution in [1.82, 2.24) is 4.90 Å². The normalized spacial score (nSPS) is 10.4. The molecule has 0 spiro atoms. The van der Waals surface area contributed by atoms with E-state index in [4.69, 9.17) is 11.6 Å². The van der Waals surface area contributed by atoms with E-state index in [-0.39, 0.29) is 17.3 Å². The lowest BCUT2D eigenvalue weighted by Gasteiger charge is -2.21. The summed E-state index contributed by atoms with van der Waals surface area (Å²) in [6.45, 7) is 2.98. The summed E-state index contributed by atoms with van der Waals surface area (Å²) in [5, 5.41) is 11.3. The van der Waals surface area contributed by atoms with Crippen molar-refractivity contribution < 1.29 is 9.72 Å². The second-order valence-corrected chi connectivity index (χ2v) is 6.49. The van der Waals surface area contributed by atoms with E-state index in [0.717, 1.165) is 10.5 Å². The Balaban J connectivity index is 1.94. The van der Waals surface area contributed by atoms with Crippen molar-refractivity contribution in [3.63, 3.8) is 0 Å². The van der Waals surface area contributed by atoms with Gasteiger partial charge in [0.15, 0.2) is 0 Å². The van der Waals surface area contributed by atoms with Gasteiger partial charge in [-0.3, -0.25) is 14.9 Å². The summed E-state index contributed by atoms with van der Waals surface area (Å²) < 4.78 is 0. The van der Waals surface area contributed by atoms with Gasteiger partial charge in [-0.25, -0.2) is 0 Å². The number of nitrogens with zero attached hydrogens (tertiary/aromatic N) is 2. The first kappa shape index (κ1) is 18.3. The number of halogens is 1. The lowest BCUT2D eigenvalue weighted by Crippen LogP contribution is -2.31. The highest BCUT2D eigenvalue weighted by atomic mass is 35.5. The molecule has 0 fully saturated rings. The Morgan fingerprint density at radius 2 is 1.88 bits per heavy atom. The summed E-state index contributed by atoms with van der Waals surface area (Å²) in [4.78, 5) is 25.1. The number of benzene rings is 2. The minimum absolute atomic E-state index is 0.000715. The SMILES string of the molecule is CCN(Cc1ccccc1Cl)C(=O)CSc1ccc([N+](=O)[O-])cc1. The van der Waals surface area contributed by atoms with E-state index in [1.54, 1.807) is 23.1 Å². The fourth-order valence-corrected chi connectivity index (χ4v) is 3.11. The lowest BCUT2D eigenvalue weighted by molar-refractivity contribution is -0.384. The number of hydrogen-bond acceptors (Lipinski definition) is 4. The monoisotopic (exact) mass is 364 g/mol. The second-order valence-electron chi connectivity index (χ2n) is 5.04. The third kappa shape index (κ3) is 4.97. The van der Waals surface area contributed by atoms with Crippen molar-refractivity contribution >= 4 is 35.0 Å². The number of carbonyl (C=O) groups is 1. The van der Waals surface area contributed by atoms with E-state index in [0.29, 0.717) is 18.1 Å². The molecule has 126 valence electrons. The first-order chi connectivity index (χ1) is 11.5. The molecule has 1 amide bonds. The molecule has 24 heavy (non-hydrogen) atoms. The lowest BCUT2D eigenvalue weighted by atomic mass is 10.2. The third-order valence-electron chi connectivity index (χ3n) is 3.46. The van der Waals surface area contributed by atoms with Crippen molar-refractivity contribution in [3.8, 4) is 0 Å². The van der Waals surface area contributed by atoms with Gasteiger partial charge in [0.1, 0.15) is 0 Å². The van der Waals surface area contributed by atoms with Gasteiger partial charge in [-0.1, -0.05) is 29.8 Å². The topological polar surface area (TPSA) is 63.5 Å². The molecule has 0 saturated carbocycles. The molecule has 0 aliphatic heterocycles. The van der Waals surface area contributed by atoms with Crippen LogP contribution < -0.4 is 0 Å². The van der Waals surface area contributed by atoms with Crippen LogP contribution in [-0.2, 0) is 11.3 Å². The average molecular weight is 365 g/mol. The van der Waals surface area contributed by atoms with Crippen LogP contribution in [0.1, 0.15) is 12.5 Å². The Morgan fingerprint density at radius 3 is 2.46 bits per heavy atom. The number of thioether (sulfide) groups is 1. The van der Waals surface area contributed by atoms with Crippen LogP contribution in [0, 0.1) is 10.1 Å². The molecule has 0 aliphatic carbocycles. The van der Waals surface area contributed by atoms with Crippen LogP contribution in [-0.4, -0.2) is 28.0 Å². The molecule has 0 atom stereocenters. The van der Waals surface area contributed by atoms with Crippen LogP contribution in [0.2, 0.25) is 5.02 Å². The predicted octanol–water partition coefficient (Wildman–Crippen LogP) is 4.39. The van der Waals surface area contributed by atoms with Crippen molar-refractivity contribution in [2.75, 3.05) is 12.3 Å². The maximum Gasteiger partial charge on any atom is 0.269 e. The number of nitro groups is 1. The molecule has 5 nitrogen and oxygen atoms in total. The number of carbonyl (C=O) groups excluding carboxylic acids is 1. The fourth-order valence-electron chi connectivity index (χ4n) is 2.11. The van der Waals surface area contributed by atoms with Gasteiger partial charge < -0.3 is 4.90 Å². The number of non-ortho nitro benzene ring substituents is 1. The van der Waals surface area contributed by atoms with E-state index in [9.17, 15) is 14.9 Å². The molecule has 0 heterocycles. The third-order valence-corrected chi connectivity index (χ3v) is 4.83. The highest BCUT2D eigenvalue weighted by molar-refractivity contribution is 8.00. The van der Waals surface area contributed by atoms with Crippen LogP contribution in [0.15, 0.2) is 53.4 Å². The summed E-state index contributed by atoms with van der Waals surface area (Å²) >= 11 is 7.51. The average Bonchev–Trinajstić information content (AvgIpc) is 2.59. The number of rotatable bonds is 7. The number of nitro benzene ring substituents is 1. The zero-order valence-electron chi connectivity index (χ0n) is 13.1. The standard InChI is InChI=1S/C17H17ClN2O3S/c1-2-19(11-13-5-3-4-6-16(13)18)17(21)12-24-15-9-7-14(8-10-15)20(22)23/h3-10H,2,11-12H2,1H3. The first-order valence-electron chi connectivity index (χ1n) is 7.39. The molecular formula is C17H17ClN2O3S. The zero-order chi connectivity index (χ0) is 17.5. The maximum atomic E-state index is 12.4. The molecule has 0 aliphatic rings. The summed E-state index contributed by atoms with van der Waals surface area (Å²) in [5.41, 5.74) is 0.953. The Bertz CT molecular complexity index is 722. The van der Waals surface area contributed by atoms with Crippen molar-refractivity contribution in [3.05, 3.63) is 69.2 Å². The molecular weight excluding hydrogens is 348 g/mol. The van der Waals surface area contributed by atoms with Gasteiger partial charge in [-0.2, -0.15) is 0 Å². The largest absolute Gasteiger partial charge is 0.338 e. The van der Waals surface area contributed by atoms with Gasteiger partial charge >= 0.3 is 0 Å². The molecule has 0 N–H and O–H groups in total. The van der Waals surface area contributed by atoms with Gasteiger partial charge in [-0.15, -0.1) is 11.8 Å². The maximum absolute atomic E-state index is 12.4. The Kier molecular flexibility index (Phi) is 6.63. The van der Waals surface area contributed by atoms with Crippen molar-refractivity contribution in [1.29, 1.82) is 0 Å². The Labute approximate surface area is 149 Å². The summed E-state index contributed by atoms with van der Waals surface area (Å²) in [6.07, 6.45) is 0. The minimum atomic E-state index is -0.442. The van der Waals surface area contributed by atoms with Crippen LogP contribution in [0.4, 0.5) is 5.69 Å². The molecule has 2 rings (SSSR count). The molecule has 0 bridgehead atoms. The molecule has 0 radical (unpaired) electrons. The van der Waals surface area contributed by atoms with Gasteiger partial charge in [0.25, 0.3) is 5.69 Å². The van der Waals surface area contributed by atoms with E-state index >= 15 is 0 Å². The van der Waals surface area contributed by atoms with Gasteiger partial charge in [0.05, 0.1) is 10.7 Å². The van der Waals surface area contributed by atoms with E-state index in [1.807, 2.05) is 25.1 Å². The van der Waals surface area contributed by atoms with Crippen LogP contribution in [0.25, 0.3) is 0 Å². The van der Waals surface area contributed by atoms with Gasteiger partial charge in [-0.05, 0) is 30.7 Å². The second kappa shape index (κ2) is 8.70. The Hall–Kier alpha value is -2.05. The molecule has 2 aromatic carbocycles. The minimum Gasteiger partial charge on any atom is -0.338 e. The van der Waals surface area contributed by atoms with Gasteiger partial charge in [0.2, 0.25) is 5.91 Å². The molecule has 0 unspecified atom stereocenters. The highest BCUT2D eigenvalue weighted by Crippen LogP contribution is 2.22. The first-order valence-corrected chi connectivity index (χ1v) is 8.76. The summed E-state index contributed by atoms with van der Waals surface area (Å²) in [7, 11) is 0. The van der Waals surface area contributed by atoms with E-state index in [2.05, 4.69) is 0 Å². The fraction of sp³-hybridized carbons (Fsp3) is 0.235. The number of hydrogen-bond donors (Lipinski definition) is 0. The summed E-state index contributed by atoms with van der Waals surface area (Å²) in [5.74, 6) is 0.275. The highest BCUT2D eigenvalue weighted by Gasteiger charge is 2.14. The quantitative estimate of drug-likeness (QED) is 0.415. The predicted molar refractivity (Wildman–Crippen MR) is 96.4 cm³/mol. The van der Waals surface area contributed by atoms with Crippen molar-refractivity contribution in [2.24, 2.45) is 0 Å². The molecule has 7 heteroatoms. The number of amides is 1. The molecule has 2 aromatic rings. The van der Waals surface area contributed by atoms with Gasteiger partial charge in [0, 0.05) is 35.1 Å². The van der Waals surface area contributed by atoms with E-state index in [1.165, 1.54) is 23.9 Å². The van der Waals surface area contributed by atoms with Crippen LogP contribution in [0.3, 0.4) is 0 Å². The zero-order valence-corrected chi connectivity index (χ0v) is 14.7. The van der Waals surface area contributed by atoms with Crippen molar-refractivity contribution in [2.45, 2.75) is 18.4 Å². The van der Waals surface area contributed by atoms with Crippen LogP contribution >= 0.6 is 23.4 Å². The Morgan fingerprint density at radius 1 is 1.21 bits per heavy atom. The van der Waals surface area contributed by atoms with Crippen LogP contribution in [0.5, 0.6) is 0 Å². The smallest absolute Gasteiger partial charge is 0.269 e. The summed E-state index contributed by atoms with van der Waals surface area (Å²) in [6, 6.07) is 13.6. The van der Waals surface area contributed by atoms with E-state index < -0.39 is 4.92 Å². The molecule has 0 aromatic heterocycles. The molecule has 0 saturated heterocycles.